The first-order chi connectivity index (χ1) is 12.0. The Morgan fingerprint density at radius 1 is 0.960 bits per heavy atom. The molecule has 0 saturated heterocycles. The Hall–Kier alpha value is -3.35. The summed E-state index contributed by atoms with van der Waals surface area (Å²) in [6.07, 6.45) is 0. The predicted octanol–water partition coefficient (Wildman–Crippen LogP) is 2.45. The van der Waals surface area contributed by atoms with Crippen molar-refractivity contribution in [2.45, 2.75) is 6.92 Å². The van der Waals surface area contributed by atoms with Crippen LogP contribution in [0.2, 0.25) is 0 Å². The van der Waals surface area contributed by atoms with Gasteiger partial charge in [-0.2, -0.15) is 0 Å². The van der Waals surface area contributed by atoms with Crippen LogP contribution in [0.5, 0.6) is 5.75 Å². The summed E-state index contributed by atoms with van der Waals surface area (Å²) in [7, 11) is 1.29. The summed E-state index contributed by atoms with van der Waals surface area (Å²) >= 11 is 0. The van der Waals surface area contributed by atoms with Crippen molar-refractivity contribution < 1.29 is 23.9 Å². The van der Waals surface area contributed by atoms with E-state index in [-0.39, 0.29) is 18.4 Å². The van der Waals surface area contributed by atoms with Crippen LogP contribution in [0.15, 0.2) is 48.5 Å². The average molecular weight is 342 g/mol. The molecule has 0 unspecified atom stereocenters. The van der Waals surface area contributed by atoms with Gasteiger partial charge in [-0.3, -0.25) is 9.59 Å². The van der Waals surface area contributed by atoms with Crippen LogP contribution in [0.4, 0.5) is 11.4 Å². The van der Waals surface area contributed by atoms with Crippen LogP contribution in [-0.2, 0) is 14.3 Å². The maximum Gasteiger partial charge on any atom is 0.337 e. The Balaban J connectivity index is 1.88. The normalized spacial score (nSPS) is 9.84. The van der Waals surface area contributed by atoms with E-state index in [9.17, 15) is 14.4 Å². The van der Waals surface area contributed by atoms with Crippen molar-refractivity contribution >= 4 is 29.2 Å². The van der Waals surface area contributed by atoms with Gasteiger partial charge in [0.05, 0.1) is 12.7 Å². The molecule has 0 heterocycles. The van der Waals surface area contributed by atoms with Gasteiger partial charge in [-0.1, -0.05) is 6.07 Å². The SMILES string of the molecule is COC(=O)c1cccc(OCC(=O)Nc2ccc(NC(C)=O)cc2)c1. The minimum absolute atomic E-state index is 0.167. The van der Waals surface area contributed by atoms with Crippen LogP contribution in [-0.4, -0.2) is 31.5 Å². The van der Waals surface area contributed by atoms with Crippen LogP contribution >= 0.6 is 0 Å². The number of anilines is 2. The first-order valence-corrected chi connectivity index (χ1v) is 7.46. The largest absolute Gasteiger partial charge is 0.484 e. The van der Waals surface area contributed by atoms with Crippen molar-refractivity contribution in [2.24, 2.45) is 0 Å². The van der Waals surface area contributed by atoms with Crippen molar-refractivity contribution in [2.75, 3.05) is 24.4 Å². The summed E-state index contributed by atoms with van der Waals surface area (Å²) in [5.41, 5.74) is 1.56. The fraction of sp³-hybridized carbons (Fsp3) is 0.167. The lowest BCUT2D eigenvalue weighted by atomic mass is 10.2. The Morgan fingerprint density at radius 2 is 1.60 bits per heavy atom. The van der Waals surface area contributed by atoms with E-state index in [0.29, 0.717) is 22.7 Å². The quantitative estimate of drug-likeness (QED) is 0.787. The number of carbonyl (C=O) groups is 3. The molecule has 130 valence electrons. The second kappa shape index (κ2) is 8.49. The topological polar surface area (TPSA) is 93.7 Å². The maximum atomic E-state index is 11.9. The van der Waals surface area contributed by atoms with Crippen LogP contribution in [0, 0.1) is 0 Å². The molecule has 0 spiro atoms. The van der Waals surface area contributed by atoms with Gasteiger partial charge >= 0.3 is 5.97 Å². The lowest BCUT2D eigenvalue weighted by Crippen LogP contribution is -2.20. The molecule has 2 rings (SSSR count). The zero-order valence-corrected chi connectivity index (χ0v) is 13.9. The van der Waals surface area contributed by atoms with E-state index in [1.54, 1.807) is 42.5 Å². The monoisotopic (exact) mass is 342 g/mol. The second-order valence-corrected chi connectivity index (χ2v) is 5.11. The van der Waals surface area contributed by atoms with E-state index < -0.39 is 5.97 Å². The molecule has 0 atom stereocenters. The molecule has 0 bridgehead atoms. The Labute approximate surface area is 144 Å². The van der Waals surface area contributed by atoms with Crippen LogP contribution in [0.25, 0.3) is 0 Å². The fourth-order valence-electron chi connectivity index (χ4n) is 2.02. The van der Waals surface area contributed by atoms with Crippen LogP contribution in [0.1, 0.15) is 17.3 Å². The number of nitrogens with one attached hydrogen (secondary N) is 2. The Bertz CT molecular complexity index is 771. The smallest absolute Gasteiger partial charge is 0.337 e. The van der Waals surface area contributed by atoms with E-state index in [1.165, 1.54) is 20.1 Å². The van der Waals surface area contributed by atoms with Gasteiger partial charge in [-0.15, -0.1) is 0 Å². The number of amides is 2. The molecule has 0 aliphatic rings. The van der Waals surface area contributed by atoms with Gasteiger partial charge in [0.25, 0.3) is 5.91 Å². The summed E-state index contributed by atoms with van der Waals surface area (Å²) in [5.74, 6) is -0.608. The van der Waals surface area contributed by atoms with Gasteiger partial charge in [-0.05, 0) is 42.5 Å². The first-order valence-electron chi connectivity index (χ1n) is 7.46. The van der Waals surface area contributed by atoms with E-state index in [2.05, 4.69) is 15.4 Å². The summed E-state index contributed by atoms with van der Waals surface area (Å²) in [5, 5.41) is 5.31. The summed E-state index contributed by atoms with van der Waals surface area (Å²) in [6, 6.07) is 13.1. The molecule has 0 aliphatic carbocycles. The fourth-order valence-corrected chi connectivity index (χ4v) is 2.02. The molecule has 7 heteroatoms. The molecule has 0 aliphatic heterocycles. The molecule has 2 aromatic carbocycles. The number of ether oxygens (including phenoxy) is 2. The highest BCUT2D eigenvalue weighted by atomic mass is 16.5. The molecule has 7 nitrogen and oxygen atoms in total. The van der Waals surface area contributed by atoms with Gasteiger partial charge in [0.2, 0.25) is 5.91 Å². The van der Waals surface area contributed by atoms with Crippen molar-refractivity contribution in [1.82, 2.24) is 0 Å². The zero-order valence-electron chi connectivity index (χ0n) is 13.9. The lowest BCUT2D eigenvalue weighted by molar-refractivity contribution is -0.118. The Morgan fingerprint density at radius 3 is 2.20 bits per heavy atom. The Kier molecular flexibility index (Phi) is 6.11. The summed E-state index contributed by atoms with van der Waals surface area (Å²) in [4.78, 5) is 34.3. The molecule has 0 saturated carbocycles. The highest BCUT2D eigenvalue weighted by molar-refractivity contribution is 5.93. The molecule has 2 amide bonds. The van der Waals surface area contributed by atoms with E-state index in [4.69, 9.17) is 4.74 Å². The highest BCUT2D eigenvalue weighted by Crippen LogP contribution is 2.15. The lowest BCUT2D eigenvalue weighted by Gasteiger charge is -2.09. The van der Waals surface area contributed by atoms with Gasteiger partial charge in [0.15, 0.2) is 6.61 Å². The van der Waals surface area contributed by atoms with E-state index in [0.717, 1.165) is 0 Å². The summed E-state index contributed by atoms with van der Waals surface area (Å²) < 4.78 is 10.0. The third-order valence-corrected chi connectivity index (χ3v) is 3.11. The minimum atomic E-state index is -0.478. The molecule has 0 aromatic heterocycles. The van der Waals surface area contributed by atoms with Gasteiger partial charge in [0.1, 0.15) is 5.75 Å². The van der Waals surface area contributed by atoms with Crippen molar-refractivity contribution in [3.05, 3.63) is 54.1 Å². The zero-order chi connectivity index (χ0) is 18.2. The van der Waals surface area contributed by atoms with E-state index >= 15 is 0 Å². The number of methoxy groups -OCH3 is 1. The first kappa shape index (κ1) is 18.0. The number of hydrogen-bond acceptors (Lipinski definition) is 5. The maximum absolute atomic E-state index is 11.9. The third-order valence-electron chi connectivity index (χ3n) is 3.11. The van der Waals surface area contributed by atoms with Gasteiger partial charge in [0, 0.05) is 18.3 Å². The predicted molar refractivity (Wildman–Crippen MR) is 92.7 cm³/mol. The number of esters is 1. The average Bonchev–Trinajstić information content (AvgIpc) is 2.61. The third kappa shape index (κ3) is 5.65. The number of hydrogen-bond donors (Lipinski definition) is 2. The van der Waals surface area contributed by atoms with Crippen LogP contribution in [0.3, 0.4) is 0 Å². The van der Waals surface area contributed by atoms with E-state index in [1.807, 2.05) is 0 Å². The molecule has 2 N–H and O–H groups in total. The molecule has 0 radical (unpaired) electrons. The molecule has 25 heavy (non-hydrogen) atoms. The highest BCUT2D eigenvalue weighted by Gasteiger charge is 2.08. The minimum Gasteiger partial charge on any atom is -0.484 e. The number of rotatable bonds is 6. The molecule has 0 fully saturated rings. The van der Waals surface area contributed by atoms with Gasteiger partial charge < -0.3 is 20.1 Å². The summed E-state index contributed by atoms with van der Waals surface area (Å²) in [6.45, 7) is 1.21. The molecular formula is C18H18N2O5. The van der Waals surface area contributed by atoms with Crippen LogP contribution < -0.4 is 15.4 Å². The standard InChI is InChI=1S/C18H18N2O5/c1-12(21)19-14-6-8-15(9-7-14)20-17(22)11-25-16-5-3-4-13(10-16)18(23)24-2/h3-10H,11H2,1-2H3,(H,19,21)(H,20,22). The number of benzene rings is 2. The molecule has 2 aromatic rings. The number of carbonyl (C=O) groups excluding carboxylic acids is 3. The van der Waals surface area contributed by atoms with Crippen molar-refractivity contribution in [3.63, 3.8) is 0 Å². The molecular weight excluding hydrogens is 324 g/mol. The van der Waals surface area contributed by atoms with Crippen molar-refractivity contribution in [1.29, 1.82) is 0 Å². The van der Waals surface area contributed by atoms with Crippen molar-refractivity contribution in [3.8, 4) is 5.75 Å². The van der Waals surface area contributed by atoms with Gasteiger partial charge in [-0.25, -0.2) is 4.79 Å². The second-order valence-electron chi connectivity index (χ2n) is 5.11.